The van der Waals surface area contributed by atoms with Gasteiger partial charge in [-0.05, 0) is 47.8 Å². The van der Waals surface area contributed by atoms with E-state index in [2.05, 4.69) is 15.4 Å². The van der Waals surface area contributed by atoms with Gasteiger partial charge in [0.25, 0.3) is 5.91 Å². The number of benzene rings is 2. The molecule has 0 radical (unpaired) electrons. The summed E-state index contributed by atoms with van der Waals surface area (Å²) < 4.78 is 28.2. The highest BCUT2D eigenvalue weighted by molar-refractivity contribution is 7.12. The molecule has 9 heteroatoms. The van der Waals surface area contributed by atoms with Crippen molar-refractivity contribution in [3.05, 3.63) is 106 Å². The van der Waals surface area contributed by atoms with Crippen molar-refractivity contribution in [1.82, 2.24) is 14.6 Å². The Bertz CT molecular complexity index is 1510. The molecule has 0 spiro atoms. The lowest BCUT2D eigenvalue weighted by atomic mass is 10.1. The van der Waals surface area contributed by atoms with Crippen LogP contribution < -0.4 is 5.32 Å². The fraction of sp³-hybridized carbons (Fsp3) is 0. The molecule has 6 nitrogen and oxygen atoms in total. The number of nitrogens with one attached hydrogen (secondary N) is 1. The molecule has 3 heterocycles. The Hall–Kier alpha value is -4.24. The predicted octanol–water partition coefficient (Wildman–Crippen LogP) is 5.22. The van der Waals surface area contributed by atoms with Gasteiger partial charge in [0.15, 0.2) is 17.3 Å². The SMILES string of the molecule is O=C(Nc1cccc(-c2ccnc3c(C(=O)c4cccs4)cnn23)c1)c1ccc(F)c(F)c1. The third kappa shape index (κ3) is 3.90. The number of thiophene rings is 1. The van der Waals surface area contributed by atoms with E-state index >= 15 is 0 Å². The minimum Gasteiger partial charge on any atom is -0.322 e. The van der Waals surface area contributed by atoms with Gasteiger partial charge in [0, 0.05) is 23.0 Å². The van der Waals surface area contributed by atoms with Gasteiger partial charge in [-0.25, -0.2) is 18.3 Å². The van der Waals surface area contributed by atoms with Crippen molar-refractivity contribution in [2.75, 3.05) is 5.32 Å². The summed E-state index contributed by atoms with van der Waals surface area (Å²) in [5.41, 5.74) is 2.63. The Morgan fingerprint density at radius 3 is 2.64 bits per heavy atom. The highest BCUT2D eigenvalue weighted by Gasteiger charge is 2.18. The van der Waals surface area contributed by atoms with Crippen LogP contribution in [0.15, 0.2) is 78.4 Å². The number of amides is 1. The third-order valence-electron chi connectivity index (χ3n) is 4.99. The molecule has 0 bridgehead atoms. The number of anilines is 1. The summed E-state index contributed by atoms with van der Waals surface area (Å²) in [6.07, 6.45) is 3.08. The largest absolute Gasteiger partial charge is 0.322 e. The zero-order chi connectivity index (χ0) is 22.9. The number of rotatable bonds is 5. The van der Waals surface area contributed by atoms with Crippen LogP contribution >= 0.6 is 11.3 Å². The molecule has 162 valence electrons. The number of ketones is 1. The topological polar surface area (TPSA) is 76.4 Å². The van der Waals surface area contributed by atoms with Crippen LogP contribution in [0.2, 0.25) is 0 Å². The first-order chi connectivity index (χ1) is 16.0. The Balaban J connectivity index is 1.47. The first kappa shape index (κ1) is 20.7. The lowest BCUT2D eigenvalue weighted by molar-refractivity contribution is 0.102. The summed E-state index contributed by atoms with van der Waals surface area (Å²) in [5, 5.41) is 8.87. The summed E-state index contributed by atoms with van der Waals surface area (Å²) in [4.78, 5) is 30.2. The monoisotopic (exact) mass is 460 g/mol. The molecule has 2 aromatic carbocycles. The van der Waals surface area contributed by atoms with Crippen molar-refractivity contribution in [1.29, 1.82) is 0 Å². The van der Waals surface area contributed by atoms with Gasteiger partial charge in [-0.3, -0.25) is 9.59 Å². The van der Waals surface area contributed by atoms with Gasteiger partial charge in [0.1, 0.15) is 0 Å². The van der Waals surface area contributed by atoms with E-state index in [0.717, 1.165) is 12.1 Å². The Morgan fingerprint density at radius 2 is 1.85 bits per heavy atom. The number of hydrogen-bond donors (Lipinski definition) is 1. The molecule has 3 aromatic heterocycles. The first-order valence-corrected chi connectivity index (χ1v) is 10.7. The molecule has 5 rings (SSSR count). The van der Waals surface area contributed by atoms with Gasteiger partial charge in [-0.1, -0.05) is 18.2 Å². The lowest BCUT2D eigenvalue weighted by Crippen LogP contribution is -2.12. The van der Waals surface area contributed by atoms with Crippen LogP contribution in [-0.2, 0) is 0 Å². The van der Waals surface area contributed by atoms with Gasteiger partial charge in [0.2, 0.25) is 5.78 Å². The zero-order valence-corrected chi connectivity index (χ0v) is 17.6. The minimum absolute atomic E-state index is 0.00517. The van der Waals surface area contributed by atoms with Gasteiger partial charge < -0.3 is 5.32 Å². The summed E-state index contributed by atoms with van der Waals surface area (Å²) >= 11 is 1.35. The molecular weight excluding hydrogens is 446 g/mol. The molecule has 0 saturated carbocycles. The van der Waals surface area contributed by atoms with Crippen molar-refractivity contribution in [3.8, 4) is 11.3 Å². The highest BCUT2D eigenvalue weighted by atomic mass is 32.1. The quantitative estimate of drug-likeness (QED) is 0.365. The molecular formula is C24H14F2N4O2S. The lowest BCUT2D eigenvalue weighted by Gasteiger charge is -2.09. The standard InChI is InChI=1S/C24H14F2N4O2S/c25-18-7-6-15(12-19(18)26)24(32)29-16-4-1-3-14(11-16)20-8-9-27-23-17(13-28-30(20)23)22(31)21-5-2-10-33-21/h1-13H,(H,29,32). The maximum atomic E-state index is 13.5. The fourth-order valence-corrected chi connectivity index (χ4v) is 4.09. The van der Waals surface area contributed by atoms with Crippen molar-refractivity contribution in [3.63, 3.8) is 0 Å². The number of carbonyl (C=O) groups is 2. The molecule has 0 aliphatic carbocycles. The van der Waals surface area contributed by atoms with Gasteiger partial charge in [-0.2, -0.15) is 5.10 Å². The van der Waals surface area contributed by atoms with Crippen LogP contribution in [0, 0.1) is 11.6 Å². The van der Waals surface area contributed by atoms with E-state index in [4.69, 9.17) is 0 Å². The van der Waals surface area contributed by atoms with Crippen LogP contribution in [-0.4, -0.2) is 26.3 Å². The van der Waals surface area contributed by atoms with E-state index in [-0.39, 0.29) is 11.3 Å². The predicted molar refractivity (Wildman–Crippen MR) is 120 cm³/mol. The van der Waals surface area contributed by atoms with Gasteiger partial charge in [-0.15, -0.1) is 11.3 Å². The summed E-state index contributed by atoms with van der Waals surface area (Å²) in [7, 11) is 0. The molecule has 0 fully saturated rings. The molecule has 5 aromatic rings. The molecule has 0 aliphatic rings. The maximum absolute atomic E-state index is 13.5. The van der Waals surface area contributed by atoms with Crippen LogP contribution in [0.4, 0.5) is 14.5 Å². The van der Waals surface area contributed by atoms with E-state index < -0.39 is 17.5 Å². The number of aromatic nitrogens is 3. The van der Waals surface area contributed by atoms with E-state index in [0.29, 0.717) is 33.0 Å². The molecule has 1 N–H and O–H groups in total. The Kier molecular flexibility index (Phi) is 5.23. The number of halogens is 2. The fourth-order valence-electron chi connectivity index (χ4n) is 3.41. The van der Waals surface area contributed by atoms with Gasteiger partial charge in [0.05, 0.1) is 22.3 Å². The number of fused-ring (bicyclic) bond motifs is 1. The average molecular weight is 460 g/mol. The van der Waals surface area contributed by atoms with E-state index in [9.17, 15) is 18.4 Å². The average Bonchev–Trinajstić information content (AvgIpc) is 3.51. The van der Waals surface area contributed by atoms with Crippen molar-refractivity contribution in [2.24, 2.45) is 0 Å². The third-order valence-corrected chi connectivity index (χ3v) is 5.86. The number of nitrogens with zero attached hydrogens (tertiary/aromatic N) is 3. The molecule has 0 aliphatic heterocycles. The summed E-state index contributed by atoms with van der Waals surface area (Å²) in [6, 6.07) is 15.2. The van der Waals surface area contributed by atoms with E-state index in [1.54, 1.807) is 41.0 Å². The first-order valence-electron chi connectivity index (χ1n) is 9.79. The number of carbonyl (C=O) groups excluding carboxylic acids is 2. The van der Waals surface area contributed by atoms with Crippen LogP contribution in [0.25, 0.3) is 16.9 Å². The van der Waals surface area contributed by atoms with Crippen LogP contribution in [0.5, 0.6) is 0 Å². The molecule has 33 heavy (non-hydrogen) atoms. The van der Waals surface area contributed by atoms with E-state index in [1.165, 1.54) is 23.6 Å². The van der Waals surface area contributed by atoms with Crippen LogP contribution in [0.3, 0.4) is 0 Å². The van der Waals surface area contributed by atoms with Gasteiger partial charge >= 0.3 is 0 Å². The smallest absolute Gasteiger partial charge is 0.255 e. The second-order valence-corrected chi connectivity index (χ2v) is 8.04. The summed E-state index contributed by atoms with van der Waals surface area (Å²) in [6.45, 7) is 0. The Morgan fingerprint density at radius 1 is 0.970 bits per heavy atom. The highest BCUT2D eigenvalue weighted by Crippen LogP contribution is 2.25. The second-order valence-electron chi connectivity index (χ2n) is 7.09. The molecule has 0 saturated heterocycles. The summed E-state index contributed by atoms with van der Waals surface area (Å²) in [5.74, 6) is -2.85. The van der Waals surface area contributed by atoms with Crippen molar-refractivity contribution in [2.45, 2.75) is 0 Å². The molecule has 1 amide bonds. The number of hydrogen-bond acceptors (Lipinski definition) is 5. The minimum atomic E-state index is -1.10. The van der Waals surface area contributed by atoms with Crippen molar-refractivity contribution < 1.29 is 18.4 Å². The van der Waals surface area contributed by atoms with E-state index in [1.807, 2.05) is 17.5 Å². The Labute approximate surface area is 190 Å². The maximum Gasteiger partial charge on any atom is 0.255 e. The zero-order valence-electron chi connectivity index (χ0n) is 16.8. The second kappa shape index (κ2) is 8.36. The van der Waals surface area contributed by atoms with Crippen LogP contribution in [0.1, 0.15) is 25.6 Å². The molecule has 0 atom stereocenters. The molecule has 0 unspecified atom stereocenters. The van der Waals surface area contributed by atoms with Crippen molar-refractivity contribution >= 4 is 34.4 Å². The normalized spacial score (nSPS) is 11.0.